The third-order valence-corrected chi connectivity index (χ3v) is 6.64. The summed E-state index contributed by atoms with van der Waals surface area (Å²) in [4.78, 5) is 23.9. The Balaban J connectivity index is 1.42. The van der Waals surface area contributed by atoms with E-state index in [4.69, 9.17) is 4.74 Å². The Morgan fingerprint density at radius 2 is 1.69 bits per heavy atom. The zero-order valence-corrected chi connectivity index (χ0v) is 20.5. The summed E-state index contributed by atoms with van der Waals surface area (Å²) in [6.45, 7) is 5.91. The average Bonchev–Trinajstić information content (AvgIpc) is 3.67. The number of aliphatic hydroxyl groups is 1. The van der Waals surface area contributed by atoms with Crippen molar-refractivity contribution in [3.8, 4) is 11.1 Å². The van der Waals surface area contributed by atoms with Crippen LogP contribution in [-0.4, -0.2) is 38.2 Å². The molecule has 1 saturated heterocycles. The van der Waals surface area contributed by atoms with Crippen molar-refractivity contribution in [2.24, 2.45) is 0 Å². The number of amides is 1. The molecule has 6 nitrogen and oxygen atoms in total. The molecule has 1 aromatic heterocycles. The molecule has 1 aliphatic heterocycles. The van der Waals surface area contributed by atoms with Crippen LogP contribution in [-0.2, 0) is 10.3 Å². The first-order valence-electron chi connectivity index (χ1n) is 12.1. The van der Waals surface area contributed by atoms with Gasteiger partial charge in [-0.1, -0.05) is 54.6 Å². The summed E-state index contributed by atoms with van der Waals surface area (Å²) < 4.78 is 6.21. The Kier molecular flexibility index (Phi) is 5.93. The van der Waals surface area contributed by atoms with E-state index in [0.717, 1.165) is 46.6 Å². The summed E-state index contributed by atoms with van der Waals surface area (Å²) in [6, 6.07) is 18.0. The molecular weight excluding hydrogens is 438 g/mol. The van der Waals surface area contributed by atoms with Crippen LogP contribution in [0.2, 0.25) is 0 Å². The zero-order chi connectivity index (χ0) is 24.6. The average molecular weight is 470 g/mol. The van der Waals surface area contributed by atoms with Gasteiger partial charge in [-0.05, 0) is 55.9 Å². The third-order valence-electron chi connectivity index (χ3n) is 6.64. The van der Waals surface area contributed by atoms with Crippen molar-refractivity contribution in [3.63, 3.8) is 0 Å². The minimum absolute atomic E-state index is 0.336. The lowest BCUT2D eigenvalue weighted by Gasteiger charge is -2.44. The molecule has 1 atom stereocenters. The van der Waals surface area contributed by atoms with E-state index in [1.165, 1.54) is 5.57 Å². The number of ether oxygens (including phenoxy) is 1. The van der Waals surface area contributed by atoms with Crippen LogP contribution >= 0.6 is 0 Å². The fourth-order valence-electron chi connectivity index (χ4n) is 4.94. The number of carbonyl (C=O) groups is 1. The van der Waals surface area contributed by atoms with Crippen LogP contribution in [0.3, 0.4) is 0 Å². The third kappa shape index (κ3) is 4.98. The van der Waals surface area contributed by atoms with Crippen molar-refractivity contribution < 1.29 is 14.6 Å². The quantitative estimate of drug-likeness (QED) is 0.490. The molecule has 6 heteroatoms. The molecule has 2 fully saturated rings. The lowest BCUT2D eigenvalue weighted by molar-refractivity contribution is -0.0889. The maximum absolute atomic E-state index is 13.5. The number of hydrogen-bond donors (Lipinski definition) is 1. The van der Waals surface area contributed by atoms with Crippen LogP contribution in [0.4, 0.5) is 4.79 Å². The number of nitrogens with zero attached hydrogens (tertiary/aromatic N) is 3. The molecule has 0 spiro atoms. The molecule has 0 unspecified atom stereocenters. The van der Waals surface area contributed by atoms with Gasteiger partial charge in [0.05, 0.1) is 11.3 Å². The SMILES string of the molecule is Cc1ncc(-c2ccc(C(=C3CC3)N3CC[C@](CC(C)(C)O)(c4ccccc4)OC3=O)cc2)cn1. The summed E-state index contributed by atoms with van der Waals surface area (Å²) in [7, 11) is 0. The van der Waals surface area contributed by atoms with Gasteiger partial charge in [-0.3, -0.25) is 4.90 Å². The molecule has 2 heterocycles. The van der Waals surface area contributed by atoms with Gasteiger partial charge in [-0.25, -0.2) is 14.8 Å². The molecule has 1 aliphatic carbocycles. The summed E-state index contributed by atoms with van der Waals surface area (Å²) in [5.74, 6) is 0.742. The van der Waals surface area contributed by atoms with Gasteiger partial charge < -0.3 is 9.84 Å². The molecule has 1 amide bonds. The second-order valence-corrected chi connectivity index (χ2v) is 10.2. The molecule has 2 aromatic carbocycles. The maximum Gasteiger partial charge on any atom is 0.415 e. The van der Waals surface area contributed by atoms with Gasteiger partial charge in [-0.15, -0.1) is 0 Å². The molecule has 3 aromatic rings. The highest BCUT2D eigenvalue weighted by Crippen LogP contribution is 2.45. The Morgan fingerprint density at radius 1 is 1.03 bits per heavy atom. The first-order valence-corrected chi connectivity index (χ1v) is 12.1. The fraction of sp³-hybridized carbons (Fsp3) is 0.345. The molecule has 2 aliphatic rings. The fourth-order valence-corrected chi connectivity index (χ4v) is 4.94. The van der Waals surface area contributed by atoms with Gasteiger partial charge in [0.1, 0.15) is 11.4 Å². The number of rotatable bonds is 6. The van der Waals surface area contributed by atoms with Crippen molar-refractivity contribution in [2.45, 2.75) is 57.7 Å². The smallest absolute Gasteiger partial charge is 0.415 e. The van der Waals surface area contributed by atoms with E-state index in [9.17, 15) is 9.90 Å². The number of hydrogen-bond acceptors (Lipinski definition) is 5. The van der Waals surface area contributed by atoms with Gasteiger partial charge in [0.15, 0.2) is 0 Å². The summed E-state index contributed by atoms with van der Waals surface area (Å²) in [5.41, 5.74) is 4.28. The molecule has 180 valence electrons. The number of aryl methyl sites for hydroxylation is 1. The molecule has 0 bridgehead atoms. The Morgan fingerprint density at radius 3 is 2.26 bits per heavy atom. The van der Waals surface area contributed by atoms with Gasteiger partial charge >= 0.3 is 6.09 Å². The maximum atomic E-state index is 13.5. The Bertz CT molecular complexity index is 1240. The van der Waals surface area contributed by atoms with Crippen LogP contribution in [0.5, 0.6) is 0 Å². The molecule has 0 radical (unpaired) electrons. The van der Waals surface area contributed by atoms with Crippen LogP contribution < -0.4 is 0 Å². The largest absolute Gasteiger partial charge is 0.437 e. The molecular formula is C29H31N3O3. The Labute approximate surface area is 206 Å². The second kappa shape index (κ2) is 8.93. The van der Waals surface area contributed by atoms with E-state index in [0.29, 0.717) is 19.4 Å². The van der Waals surface area contributed by atoms with E-state index in [1.807, 2.05) is 61.8 Å². The Hall–Kier alpha value is -3.51. The summed E-state index contributed by atoms with van der Waals surface area (Å²) in [5, 5.41) is 10.6. The van der Waals surface area contributed by atoms with Crippen LogP contribution in [0.15, 0.2) is 72.6 Å². The van der Waals surface area contributed by atoms with Crippen LogP contribution in [0.1, 0.15) is 56.5 Å². The lowest BCUT2D eigenvalue weighted by atomic mass is 9.80. The highest BCUT2D eigenvalue weighted by Gasteiger charge is 2.46. The first-order chi connectivity index (χ1) is 16.7. The number of cyclic esters (lactones) is 1. The van der Waals surface area contributed by atoms with Crippen molar-refractivity contribution in [1.29, 1.82) is 0 Å². The van der Waals surface area contributed by atoms with Gasteiger partial charge in [0, 0.05) is 37.3 Å². The van der Waals surface area contributed by atoms with E-state index < -0.39 is 11.2 Å². The number of benzene rings is 2. The first kappa shape index (κ1) is 23.2. The highest BCUT2D eigenvalue weighted by atomic mass is 16.6. The van der Waals surface area contributed by atoms with E-state index in [-0.39, 0.29) is 6.09 Å². The minimum Gasteiger partial charge on any atom is -0.437 e. The predicted octanol–water partition coefficient (Wildman–Crippen LogP) is 5.86. The molecule has 35 heavy (non-hydrogen) atoms. The van der Waals surface area contributed by atoms with Crippen molar-refractivity contribution in [2.75, 3.05) is 6.54 Å². The van der Waals surface area contributed by atoms with E-state index in [1.54, 1.807) is 18.7 Å². The van der Waals surface area contributed by atoms with Crippen LogP contribution in [0, 0.1) is 6.92 Å². The molecule has 1 N–H and O–H groups in total. The monoisotopic (exact) mass is 469 g/mol. The summed E-state index contributed by atoms with van der Waals surface area (Å²) >= 11 is 0. The molecule has 5 rings (SSSR count). The standard InChI is InChI=1S/C29H31N3O3/c1-20-30-17-24(18-31-20)21-9-11-22(12-10-21)26(23-13-14-23)32-16-15-29(35-27(32)33,19-28(2,3)34)25-7-5-4-6-8-25/h4-12,17-18,34H,13-16,19H2,1-3H3/t29-/m0/s1. The van der Waals surface area contributed by atoms with Crippen molar-refractivity contribution in [1.82, 2.24) is 14.9 Å². The minimum atomic E-state index is -0.981. The van der Waals surface area contributed by atoms with E-state index >= 15 is 0 Å². The topological polar surface area (TPSA) is 75.6 Å². The lowest BCUT2D eigenvalue weighted by Crippen LogP contribution is -2.50. The van der Waals surface area contributed by atoms with Gasteiger partial charge in [0.2, 0.25) is 0 Å². The van der Waals surface area contributed by atoms with Gasteiger partial charge in [-0.2, -0.15) is 0 Å². The summed E-state index contributed by atoms with van der Waals surface area (Å²) in [6.07, 6.45) is 6.19. The zero-order valence-electron chi connectivity index (χ0n) is 20.5. The van der Waals surface area contributed by atoms with Crippen LogP contribution in [0.25, 0.3) is 16.8 Å². The normalized spacial score (nSPS) is 19.9. The van der Waals surface area contributed by atoms with Crippen molar-refractivity contribution >= 4 is 11.8 Å². The second-order valence-electron chi connectivity index (χ2n) is 10.2. The predicted molar refractivity (Wildman–Crippen MR) is 135 cm³/mol. The molecule has 1 saturated carbocycles. The number of carbonyl (C=O) groups excluding carboxylic acids is 1. The van der Waals surface area contributed by atoms with Gasteiger partial charge in [0.25, 0.3) is 0 Å². The van der Waals surface area contributed by atoms with Crippen molar-refractivity contribution in [3.05, 3.63) is 89.5 Å². The van der Waals surface area contributed by atoms with E-state index in [2.05, 4.69) is 22.1 Å². The number of aromatic nitrogens is 2. The number of allylic oxidation sites excluding steroid dienone is 1. The highest BCUT2D eigenvalue weighted by molar-refractivity contribution is 5.86.